The molecule has 98 valence electrons. The predicted molar refractivity (Wildman–Crippen MR) is 69.1 cm³/mol. The number of carboxylic acids is 1. The summed E-state index contributed by atoms with van der Waals surface area (Å²) < 4.78 is 0. The van der Waals surface area contributed by atoms with Crippen LogP contribution in [0.25, 0.3) is 0 Å². The Hall–Kier alpha value is -2.83. The predicted octanol–water partition coefficient (Wildman–Crippen LogP) is 1.25. The monoisotopic (exact) mass is 260 g/mol. The van der Waals surface area contributed by atoms with Crippen molar-refractivity contribution >= 4 is 23.4 Å². The number of nitrogens with two attached hydrogens (primary N) is 1. The number of rotatable bonds is 3. The van der Waals surface area contributed by atoms with Crippen molar-refractivity contribution in [1.82, 2.24) is 10.2 Å². The molecule has 0 unspecified atom stereocenters. The smallest absolute Gasteiger partial charge is 0.341 e. The van der Waals surface area contributed by atoms with E-state index in [0.29, 0.717) is 16.9 Å². The van der Waals surface area contributed by atoms with E-state index in [2.05, 4.69) is 15.5 Å². The molecule has 7 heteroatoms. The van der Waals surface area contributed by atoms with Gasteiger partial charge in [0.15, 0.2) is 5.82 Å². The molecule has 0 fully saturated rings. The number of aryl methyl sites for hydroxylation is 1. The number of amides is 1. The van der Waals surface area contributed by atoms with Crippen molar-refractivity contribution in [3.8, 4) is 0 Å². The van der Waals surface area contributed by atoms with E-state index in [9.17, 15) is 9.59 Å². The van der Waals surface area contributed by atoms with Crippen LogP contribution in [0, 0.1) is 6.92 Å². The van der Waals surface area contributed by atoms with Crippen LogP contribution < -0.4 is 11.1 Å². The van der Waals surface area contributed by atoms with Crippen LogP contribution in [0.4, 0.5) is 11.5 Å². The standard InChI is InChI=1S/C12H12N4O3/c1-6-9(12(18)19)10(16-15-6)14-11(17)7-3-2-4-8(13)5-7/h2-5H,13H2,1H3,(H,18,19)(H2,14,15,16,17). The number of hydrogen-bond donors (Lipinski definition) is 4. The average molecular weight is 260 g/mol. The molecule has 0 aliphatic heterocycles. The number of anilines is 2. The molecular weight excluding hydrogens is 248 g/mol. The summed E-state index contributed by atoms with van der Waals surface area (Å²) in [5.74, 6) is -1.65. The molecule has 0 bridgehead atoms. The summed E-state index contributed by atoms with van der Waals surface area (Å²) in [5.41, 5.74) is 6.67. The molecule has 2 rings (SSSR count). The SMILES string of the molecule is Cc1[nH]nc(NC(=O)c2cccc(N)c2)c1C(=O)O. The number of nitrogens with one attached hydrogen (secondary N) is 2. The third-order valence-corrected chi connectivity index (χ3v) is 2.54. The quantitative estimate of drug-likeness (QED) is 0.619. The van der Waals surface area contributed by atoms with E-state index in [1.165, 1.54) is 6.07 Å². The number of H-pyrrole nitrogens is 1. The Bertz CT molecular complexity index is 648. The van der Waals surface area contributed by atoms with Crippen molar-refractivity contribution in [3.05, 3.63) is 41.1 Å². The van der Waals surface area contributed by atoms with Gasteiger partial charge in [0, 0.05) is 16.9 Å². The van der Waals surface area contributed by atoms with Crippen molar-refractivity contribution in [1.29, 1.82) is 0 Å². The Morgan fingerprint density at radius 3 is 2.79 bits per heavy atom. The van der Waals surface area contributed by atoms with Crippen molar-refractivity contribution < 1.29 is 14.7 Å². The fraction of sp³-hybridized carbons (Fsp3) is 0.0833. The van der Waals surface area contributed by atoms with Crippen LogP contribution in [0.2, 0.25) is 0 Å². The number of benzene rings is 1. The minimum absolute atomic E-state index is 0.0163. The number of aromatic nitrogens is 2. The van der Waals surface area contributed by atoms with Crippen LogP contribution in [-0.2, 0) is 0 Å². The van der Waals surface area contributed by atoms with Crippen molar-refractivity contribution in [2.75, 3.05) is 11.1 Å². The first-order valence-corrected chi connectivity index (χ1v) is 5.44. The molecule has 19 heavy (non-hydrogen) atoms. The van der Waals surface area contributed by atoms with Crippen molar-refractivity contribution in [2.24, 2.45) is 0 Å². The lowest BCUT2D eigenvalue weighted by Crippen LogP contribution is -2.15. The normalized spacial score (nSPS) is 10.2. The number of aromatic carboxylic acids is 1. The van der Waals surface area contributed by atoms with Crippen LogP contribution in [0.15, 0.2) is 24.3 Å². The molecule has 2 aromatic rings. The number of carbonyl (C=O) groups is 2. The van der Waals surface area contributed by atoms with E-state index < -0.39 is 11.9 Å². The number of hydrogen-bond acceptors (Lipinski definition) is 4. The molecule has 0 radical (unpaired) electrons. The van der Waals surface area contributed by atoms with Crippen molar-refractivity contribution in [2.45, 2.75) is 6.92 Å². The van der Waals surface area contributed by atoms with Crippen LogP contribution in [-0.4, -0.2) is 27.2 Å². The summed E-state index contributed by atoms with van der Waals surface area (Å²) in [6.07, 6.45) is 0. The zero-order valence-corrected chi connectivity index (χ0v) is 10.1. The lowest BCUT2D eigenvalue weighted by Gasteiger charge is -2.04. The maximum absolute atomic E-state index is 11.9. The summed E-state index contributed by atoms with van der Waals surface area (Å²) >= 11 is 0. The molecule has 0 atom stereocenters. The van der Waals surface area contributed by atoms with Gasteiger partial charge < -0.3 is 16.2 Å². The Labute approximate surface area is 108 Å². The molecule has 1 aromatic heterocycles. The summed E-state index contributed by atoms with van der Waals surface area (Å²) in [6, 6.07) is 6.36. The Morgan fingerprint density at radius 1 is 1.42 bits per heavy atom. The van der Waals surface area contributed by atoms with Gasteiger partial charge in [0.2, 0.25) is 0 Å². The van der Waals surface area contributed by atoms with Crippen molar-refractivity contribution in [3.63, 3.8) is 0 Å². The van der Waals surface area contributed by atoms with Crippen LogP contribution in [0.3, 0.4) is 0 Å². The second-order valence-electron chi connectivity index (χ2n) is 3.96. The van der Waals surface area contributed by atoms with Gasteiger partial charge in [-0.05, 0) is 25.1 Å². The molecule has 1 amide bonds. The van der Waals surface area contributed by atoms with Gasteiger partial charge in [-0.2, -0.15) is 5.10 Å². The van der Waals surface area contributed by atoms with E-state index in [0.717, 1.165) is 0 Å². The van der Waals surface area contributed by atoms with Gasteiger partial charge in [0.05, 0.1) is 0 Å². The molecule has 0 saturated carbocycles. The average Bonchev–Trinajstić information content (AvgIpc) is 2.70. The highest BCUT2D eigenvalue weighted by atomic mass is 16.4. The summed E-state index contributed by atoms with van der Waals surface area (Å²) in [4.78, 5) is 23.0. The largest absolute Gasteiger partial charge is 0.477 e. The first kappa shape index (κ1) is 12.6. The Balaban J connectivity index is 2.27. The van der Waals surface area contributed by atoms with Gasteiger partial charge >= 0.3 is 5.97 Å². The lowest BCUT2D eigenvalue weighted by atomic mass is 10.2. The summed E-state index contributed by atoms with van der Waals surface area (Å²) in [6.45, 7) is 1.56. The van der Waals surface area contributed by atoms with Gasteiger partial charge in [-0.15, -0.1) is 0 Å². The van der Waals surface area contributed by atoms with Gasteiger partial charge in [-0.3, -0.25) is 9.89 Å². The highest BCUT2D eigenvalue weighted by Crippen LogP contribution is 2.17. The van der Waals surface area contributed by atoms with E-state index in [4.69, 9.17) is 10.8 Å². The van der Waals surface area contributed by atoms with Gasteiger partial charge in [-0.25, -0.2) is 4.79 Å². The molecule has 1 aromatic carbocycles. The van der Waals surface area contributed by atoms with E-state index >= 15 is 0 Å². The molecular formula is C12H12N4O3. The van der Waals surface area contributed by atoms with Crippen LogP contribution in [0.1, 0.15) is 26.4 Å². The molecule has 7 nitrogen and oxygen atoms in total. The maximum atomic E-state index is 11.9. The molecule has 0 aliphatic rings. The van der Waals surface area contributed by atoms with E-state index in [-0.39, 0.29) is 11.4 Å². The minimum Gasteiger partial charge on any atom is -0.477 e. The molecule has 0 saturated heterocycles. The Morgan fingerprint density at radius 2 is 2.16 bits per heavy atom. The fourth-order valence-electron chi connectivity index (χ4n) is 1.64. The van der Waals surface area contributed by atoms with E-state index in [1.54, 1.807) is 25.1 Å². The van der Waals surface area contributed by atoms with Crippen LogP contribution in [0.5, 0.6) is 0 Å². The first-order valence-electron chi connectivity index (χ1n) is 5.44. The molecule has 1 heterocycles. The van der Waals surface area contributed by atoms with Gasteiger partial charge in [0.1, 0.15) is 5.56 Å². The maximum Gasteiger partial charge on any atom is 0.341 e. The summed E-state index contributed by atoms with van der Waals surface area (Å²) in [7, 11) is 0. The Kier molecular flexibility index (Phi) is 3.19. The number of nitrogens with zero attached hydrogens (tertiary/aromatic N) is 1. The number of nitrogen functional groups attached to an aromatic ring is 1. The van der Waals surface area contributed by atoms with E-state index in [1.807, 2.05) is 0 Å². The molecule has 0 aliphatic carbocycles. The van der Waals surface area contributed by atoms with Crippen LogP contribution >= 0.6 is 0 Å². The molecule has 5 N–H and O–H groups in total. The third kappa shape index (κ3) is 2.54. The zero-order chi connectivity index (χ0) is 14.0. The lowest BCUT2D eigenvalue weighted by molar-refractivity contribution is 0.0697. The molecule has 0 spiro atoms. The zero-order valence-electron chi connectivity index (χ0n) is 10.1. The topological polar surface area (TPSA) is 121 Å². The first-order chi connectivity index (χ1) is 8.99. The van der Waals surface area contributed by atoms with Gasteiger partial charge in [-0.1, -0.05) is 6.07 Å². The summed E-state index contributed by atoms with van der Waals surface area (Å²) in [5, 5.41) is 17.7. The second kappa shape index (κ2) is 4.81. The fourth-order valence-corrected chi connectivity index (χ4v) is 1.64. The highest BCUT2D eigenvalue weighted by molar-refractivity contribution is 6.07. The second-order valence-corrected chi connectivity index (χ2v) is 3.96. The number of carboxylic acid groups (broad SMARTS) is 1. The highest BCUT2D eigenvalue weighted by Gasteiger charge is 2.19. The number of carbonyl (C=O) groups excluding carboxylic acids is 1. The third-order valence-electron chi connectivity index (χ3n) is 2.54. The minimum atomic E-state index is -1.16. The van der Waals surface area contributed by atoms with Gasteiger partial charge in [0.25, 0.3) is 5.91 Å². The number of aromatic amines is 1.